The molecule has 0 saturated heterocycles. The van der Waals surface area contributed by atoms with E-state index in [9.17, 15) is 14.7 Å². The second kappa shape index (κ2) is 8.63. The van der Waals surface area contributed by atoms with E-state index in [1.54, 1.807) is 6.92 Å². The number of rotatable bonds is 5. The molecule has 0 radical (unpaired) electrons. The summed E-state index contributed by atoms with van der Waals surface area (Å²) in [7, 11) is 0. The van der Waals surface area contributed by atoms with Gasteiger partial charge in [-0.3, -0.25) is 10.1 Å². The number of thiophene rings is 2. The van der Waals surface area contributed by atoms with Crippen LogP contribution in [0.2, 0.25) is 0 Å². The first-order chi connectivity index (χ1) is 16.4. The number of carboxylic acid groups (broad SMARTS) is 1. The summed E-state index contributed by atoms with van der Waals surface area (Å²) >= 11 is 3.01. The molecular formula is C25H20N2O5S2. The van der Waals surface area contributed by atoms with Crippen molar-refractivity contribution in [3.63, 3.8) is 0 Å². The van der Waals surface area contributed by atoms with Gasteiger partial charge in [-0.25, -0.2) is 4.79 Å². The van der Waals surface area contributed by atoms with E-state index in [1.807, 2.05) is 43.3 Å². The van der Waals surface area contributed by atoms with Gasteiger partial charge in [0, 0.05) is 14.3 Å². The monoisotopic (exact) mass is 492 g/mol. The molecule has 172 valence electrons. The van der Waals surface area contributed by atoms with Crippen LogP contribution in [0.5, 0.6) is 0 Å². The van der Waals surface area contributed by atoms with Gasteiger partial charge in [0.1, 0.15) is 23.4 Å². The molecule has 4 aromatic rings. The largest absolute Gasteiger partial charge is 0.481 e. The number of nitrogens with zero attached hydrogens (tertiary/aromatic N) is 1. The second-order valence-electron chi connectivity index (χ2n) is 8.19. The fourth-order valence-corrected chi connectivity index (χ4v) is 6.09. The zero-order valence-corrected chi connectivity index (χ0v) is 20.1. The number of fused-ring (bicyclic) bond motifs is 1. The Balaban J connectivity index is 1.29. The highest BCUT2D eigenvalue weighted by molar-refractivity contribution is 7.28. The Hall–Kier alpha value is -3.61. The normalized spacial score (nSPS) is 13.8. The van der Waals surface area contributed by atoms with E-state index in [0.717, 1.165) is 30.3 Å². The minimum atomic E-state index is -0.750. The van der Waals surface area contributed by atoms with Crippen LogP contribution in [0.25, 0.3) is 9.40 Å². The Morgan fingerprint density at radius 1 is 1.18 bits per heavy atom. The molecule has 7 nitrogen and oxygen atoms in total. The molecule has 1 aliphatic carbocycles. The number of carboxylic acids is 1. The van der Waals surface area contributed by atoms with Gasteiger partial charge in [-0.15, -0.1) is 22.7 Å². The molecule has 1 amide bonds. The van der Waals surface area contributed by atoms with Gasteiger partial charge in [-0.1, -0.05) is 29.4 Å². The Morgan fingerprint density at radius 2 is 1.94 bits per heavy atom. The SMILES string of the molecule is Cc1ccccc1COC(=O)Nc1c(C)noc1C#Cc1cc2sc(C3(C(=O)O)CC3)cc2s1. The summed E-state index contributed by atoms with van der Waals surface area (Å²) in [6.45, 7) is 3.82. The lowest BCUT2D eigenvalue weighted by Gasteiger charge is -2.08. The van der Waals surface area contributed by atoms with E-state index < -0.39 is 17.5 Å². The lowest BCUT2D eigenvalue weighted by molar-refractivity contribution is -0.139. The third kappa shape index (κ3) is 4.18. The standard InChI is InChI=1S/C25H20N2O5S2/c1-14-5-3-4-6-16(14)13-31-24(30)26-22-15(2)27-32-18(22)8-7-17-11-19-20(33-17)12-21(34-19)25(9-10-25)23(28)29/h3-6,11-12H,9-10,13H2,1-2H3,(H,26,30)(H,28,29). The maximum Gasteiger partial charge on any atom is 0.412 e. The summed E-state index contributed by atoms with van der Waals surface area (Å²) in [4.78, 5) is 25.6. The first kappa shape index (κ1) is 22.2. The molecule has 1 aliphatic rings. The van der Waals surface area contributed by atoms with Crippen molar-refractivity contribution in [2.45, 2.75) is 38.7 Å². The highest BCUT2D eigenvalue weighted by Gasteiger charge is 2.53. The van der Waals surface area contributed by atoms with Crippen LogP contribution in [0.4, 0.5) is 10.5 Å². The topological polar surface area (TPSA) is 102 Å². The number of nitrogens with one attached hydrogen (secondary N) is 1. The number of amides is 1. The van der Waals surface area contributed by atoms with Gasteiger partial charge in [0.2, 0.25) is 5.76 Å². The number of anilines is 1. The van der Waals surface area contributed by atoms with Gasteiger partial charge in [0.05, 0.1) is 4.88 Å². The Bertz CT molecular complexity index is 1450. The van der Waals surface area contributed by atoms with Gasteiger partial charge in [0.15, 0.2) is 0 Å². The molecule has 0 atom stereocenters. The number of benzene rings is 1. The van der Waals surface area contributed by atoms with E-state index >= 15 is 0 Å². The number of aromatic nitrogens is 1. The van der Waals surface area contributed by atoms with Crippen molar-refractivity contribution in [1.29, 1.82) is 0 Å². The van der Waals surface area contributed by atoms with E-state index in [2.05, 4.69) is 22.3 Å². The predicted molar refractivity (Wildman–Crippen MR) is 130 cm³/mol. The van der Waals surface area contributed by atoms with Crippen LogP contribution >= 0.6 is 22.7 Å². The molecule has 3 heterocycles. The minimum absolute atomic E-state index is 0.154. The summed E-state index contributed by atoms with van der Waals surface area (Å²) < 4.78 is 12.7. The Labute approximate surface area is 203 Å². The van der Waals surface area contributed by atoms with Crippen LogP contribution in [0.15, 0.2) is 40.9 Å². The molecule has 1 aromatic carbocycles. The van der Waals surface area contributed by atoms with Crippen molar-refractivity contribution in [1.82, 2.24) is 5.16 Å². The van der Waals surface area contributed by atoms with E-state index in [1.165, 1.54) is 22.7 Å². The predicted octanol–water partition coefficient (Wildman–Crippen LogP) is 5.83. The van der Waals surface area contributed by atoms with E-state index in [0.29, 0.717) is 24.2 Å². The molecule has 0 spiro atoms. The lowest BCUT2D eigenvalue weighted by atomic mass is 10.1. The first-order valence-electron chi connectivity index (χ1n) is 10.6. The molecule has 2 N–H and O–H groups in total. The zero-order chi connectivity index (χ0) is 23.9. The Morgan fingerprint density at radius 3 is 2.65 bits per heavy atom. The van der Waals surface area contributed by atoms with Crippen LogP contribution in [0, 0.1) is 25.7 Å². The lowest BCUT2D eigenvalue weighted by Crippen LogP contribution is -2.17. The zero-order valence-electron chi connectivity index (χ0n) is 18.4. The van der Waals surface area contributed by atoms with Crippen molar-refractivity contribution >= 4 is 49.8 Å². The molecular weight excluding hydrogens is 472 g/mol. The van der Waals surface area contributed by atoms with Crippen molar-refractivity contribution in [2.24, 2.45) is 0 Å². The maximum absolute atomic E-state index is 12.3. The fraction of sp³-hybridized carbons (Fsp3) is 0.240. The summed E-state index contributed by atoms with van der Waals surface area (Å²) in [6, 6.07) is 11.6. The first-order valence-corrected chi connectivity index (χ1v) is 12.2. The fourth-order valence-electron chi connectivity index (χ4n) is 3.60. The number of carbonyl (C=O) groups excluding carboxylic acids is 1. The number of hydrogen-bond acceptors (Lipinski definition) is 7. The molecule has 1 fully saturated rings. The highest BCUT2D eigenvalue weighted by atomic mass is 32.1. The smallest absolute Gasteiger partial charge is 0.412 e. The molecule has 0 aliphatic heterocycles. The summed E-state index contributed by atoms with van der Waals surface area (Å²) in [5, 5.41) is 16.1. The van der Waals surface area contributed by atoms with Crippen LogP contribution in [0.1, 0.15) is 45.2 Å². The molecule has 0 bridgehead atoms. The van der Waals surface area contributed by atoms with Crippen molar-refractivity contribution < 1.29 is 24.0 Å². The quantitative estimate of drug-likeness (QED) is 0.340. The van der Waals surface area contributed by atoms with Crippen LogP contribution in [-0.4, -0.2) is 22.3 Å². The van der Waals surface area contributed by atoms with Gasteiger partial charge < -0.3 is 14.4 Å². The third-order valence-electron chi connectivity index (χ3n) is 5.85. The van der Waals surface area contributed by atoms with E-state index in [-0.39, 0.29) is 12.4 Å². The molecule has 3 aromatic heterocycles. The second-order valence-corrected chi connectivity index (χ2v) is 10.4. The molecule has 0 unspecified atom stereocenters. The van der Waals surface area contributed by atoms with Gasteiger partial charge in [-0.2, -0.15) is 0 Å². The van der Waals surface area contributed by atoms with Gasteiger partial charge in [-0.05, 0) is 61.8 Å². The Kier molecular flexibility index (Phi) is 5.63. The van der Waals surface area contributed by atoms with E-state index in [4.69, 9.17) is 9.26 Å². The van der Waals surface area contributed by atoms with Crippen LogP contribution < -0.4 is 5.32 Å². The number of aliphatic carboxylic acids is 1. The van der Waals surface area contributed by atoms with Crippen molar-refractivity contribution in [3.8, 4) is 11.8 Å². The summed E-state index contributed by atoms with van der Waals surface area (Å²) in [5.74, 6) is 5.49. The third-order valence-corrected chi connectivity index (χ3v) is 8.26. The average Bonchev–Trinajstić information content (AvgIpc) is 3.25. The van der Waals surface area contributed by atoms with Crippen LogP contribution in [-0.2, 0) is 21.6 Å². The average molecular weight is 493 g/mol. The summed E-state index contributed by atoms with van der Waals surface area (Å²) in [6.07, 6.45) is 0.766. The minimum Gasteiger partial charge on any atom is -0.481 e. The molecule has 34 heavy (non-hydrogen) atoms. The number of carbonyl (C=O) groups is 2. The van der Waals surface area contributed by atoms with Crippen molar-refractivity contribution in [3.05, 3.63) is 68.7 Å². The molecule has 5 rings (SSSR count). The maximum atomic E-state index is 12.3. The van der Waals surface area contributed by atoms with Gasteiger partial charge >= 0.3 is 12.1 Å². The number of hydrogen-bond donors (Lipinski definition) is 2. The van der Waals surface area contributed by atoms with Crippen LogP contribution in [0.3, 0.4) is 0 Å². The van der Waals surface area contributed by atoms with Gasteiger partial charge in [0.25, 0.3) is 0 Å². The number of ether oxygens (including phenoxy) is 1. The highest BCUT2D eigenvalue weighted by Crippen LogP contribution is 2.52. The summed E-state index contributed by atoms with van der Waals surface area (Å²) in [5.41, 5.74) is 2.15. The molecule has 9 heteroatoms. The number of aryl methyl sites for hydroxylation is 2. The molecule has 1 saturated carbocycles. The van der Waals surface area contributed by atoms with Crippen molar-refractivity contribution in [2.75, 3.05) is 5.32 Å².